The van der Waals surface area contributed by atoms with Crippen molar-refractivity contribution in [3.8, 4) is 5.75 Å². The van der Waals surface area contributed by atoms with Gasteiger partial charge in [-0.25, -0.2) is 4.99 Å². The molecule has 1 saturated carbocycles. The molecule has 0 N–H and O–H groups in total. The maximum absolute atomic E-state index is 13.6. The van der Waals surface area contributed by atoms with Crippen molar-refractivity contribution < 1.29 is 14.5 Å². The molecule has 1 amide bonds. The molecule has 2 fully saturated rings. The summed E-state index contributed by atoms with van der Waals surface area (Å²) in [7, 11) is 0. The Bertz CT molecular complexity index is 1350. The second kappa shape index (κ2) is 11.6. The SMILES string of the molecule is C[C@H]1CCCC[C@@H]1N1C(=O)/C(=C/c2ccc(OCc3ccc([N+](=O)[O-])cc3)cc2)SC1=Nc1ccccc1. The summed E-state index contributed by atoms with van der Waals surface area (Å²) in [6.45, 7) is 2.54. The Morgan fingerprint density at radius 1 is 1.03 bits per heavy atom. The van der Waals surface area contributed by atoms with E-state index in [0.717, 1.165) is 41.2 Å². The molecule has 8 heteroatoms. The van der Waals surface area contributed by atoms with Crippen LogP contribution in [0.15, 0.2) is 88.8 Å². The number of aliphatic imine (C=N–C) groups is 1. The van der Waals surface area contributed by atoms with Gasteiger partial charge >= 0.3 is 0 Å². The lowest BCUT2D eigenvalue weighted by molar-refractivity contribution is -0.384. The molecule has 1 heterocycles. The first kappa shape index (κ1) is 25.7. The number of nitrogens with zero attached hydrogens (tertiary/aromatic N) is 3. The van der Waals surface area contributed by atoms with E-state index >= 15 is 0 Å². The zero-order valence-corrected chi connectivity index (χ0v) is 22.0. The molecule has 1 saturated heterocycles. The second-order valence-electron chi connectivity index (χ2n) is 9.63. The van der Waals surface area contributed by atoms with Crippen molar-refractivity contribution in [2.45, 2.75) is 45.3 Å². The molecule has 0 unspecified atom stereocenters. The minimum Gasteiger partial charge on any atom is -0.489 e. The Balaban J connectivity index is 1.32. The highest BCUT2D eigenvalue weighted by Gasteiger charge is 2.41. The van der Waals surface area contributed by atoms with E-state index in [2.05, 4.69) is 6.92 Å². The number of amides is 1. The van der Waals surface area contributed by atoms with E-state index in [0.29, 0.717) is 23.2 Å². The van der Waals surface area contributed by atoms with Gasteiger partial charge in [0.05, 0.1) is 15.5 Å². The average molecular weight is 528 g/mol. The Morgan fingerprint density at radius 2 is 1.74 bits per heavy atom. The summed E-state index contributed by atoms with van der Waals surface area (Å²) in [5.41, 5.74) is 2.64. The number of nitro groups is 1. The largest absolute Gasteiger partial charge is 0.489 e. The molecular formula is C30H29N3O4S. The second-order valence-corrected chi connectivity index (χ2v) is 10.6. The van der Waals surface area contributed by atoms with Crippen LogP contribution >= 0.6 is 11.8 Å². The number of ether oxygens (including phenoxy) is 1. The molecule has 0 radical (unpaired) electrons. The van der Waals surface area contributed by atoms with Crippen LogP contribution in [0.25, 0.3) is 6.08 Å². The lowest BCUT2D eigenvalue weighted by Gasteiger charge is -2.35. The van der Waals surface area contributed by atoms with Crippen LogP contribution in [-0.4, -0.2) is 26.9 Å². The van der Waals surface area contributed by atoms with Crippen molar-refractivity contribution >= 4 is 40.3 Å². The van der Waals surface area contributed by atoms with Crippen LogP contribution in [0, 0.1) is 16.0 Å². The number of thioether (sulfide) groups is 1. The molecule has 2 aliphatic rings. The van der Waals surface area contributed by atoms with E-state index < -0.39 is 4.92 Å². The first-order valence-corrected chi connectivity index (χ1v) is 13.6. The van der Waals surface area contributed by atoms with Crippen molar-refractivity contribution in [1.82, 2.24) is 4.90 Å². The van der Waals surface area contributed by atoms with Crippen molar-refractivity contribution in [2.24, 2.45) is 10.9 Å². The zero-order chi connectivity index (χ0) is 26.5. The quantitative estimate of drug-likeness (QED) is 0.182. The Hall–Kier alpha value is -3.91. The molecule has 1 aliphatic heterocycles. The number of hydrogen-bond acceptors (Lipinski definition) is 6. The van der Waals surface area contributed by atoms with Gasteiger partial charge in [0.1, 0.15) is 12.4 Å². The van der Waals surface area contributed by atoms with Crippen LogP contribution in [0.2, 0.25) is 0 Å². The number of hydrogen-bond donors (Lipinski definition) is 0. The molecule has 1 aliphatic carbocycles. The van der Waals surface area contributed by atoms with Gasteiger partial charge in [0.15, 0.2) is 5.17 Å². The Morgan fingerprint density at radius 3 is 2.42 bits per heavy atom. The van der Waals surface area contributed by atoms with Crippen LogP contribution in [0.4, 0.5) is 11.4 Å². The van der Waals surface area contributed by atoms with E-state index in [1.807, 2.05) is 65.6 Å². The van der Waals surface area contributed by atoms with Crippen molar-refractivity contribution in [3.05, 3.63) is 105 Å². The molecule has 194 valence electrons. The molecule has 7 nitrogen and oxygen atoms in total. The molecule has 3 aromatic carbocycles. The average Bonchev–Trinajstić information content (AvgIpc) is 3.23. The van der Waals surface area contributed by atoms with Gasteiger partial charge in [-0.05, 0) is 84.1 Å². The highest BCUT2D eigenvalue weighted by atomic mass is 32.2. The summed E-state index contributed by atoms with van der Waals surface area (Å²) in [6, 6.07) is 23.8. The van der Waals surface area contributed by atoms with Gasteiger partial charge in [0, 0.05) is 18.2 Å². The summed E-state index contributed by atoms with van der Waals surface area (Å²) in [4.78, 5) is 31.5. The summed E-state index contributed by atoms with van der Waals surface area (Å²) in [5, 5.41) is 11.6. The molecule has 3 aromatic rings. The predicted molar refractivity (Wildman–Crippen MR) is 151 cm³/mol. The third kappa shape index (κ3) is 5.97. The lowest BCUT2D eigenvalue weighted by atomic mass is 9.85. The fourth-order valence-corrected chi connectivity index (χ4v) is 5.89. The van der Waals surface area contributed by atoms with Gasteiger partial charge in [0.2, 0.25) is 0 Å². The number of non-ortho nitro benzene ring substituents is 1. The molecule has 5 rings (SSSR count). The standard InChI is InChI=1S/C30H29N3O4S/c1-21-7-5-6-10-27(21)32-29(34)28(38-30(32)31-24-8-3-2-4-9-24)19-22-13-17-26(18-14-22)37-20-23-11-15-25(16-12-23)33(35)36/h2-4,8-9,11-19,21,27H,5-7,10,20H2,1H3/b28-19-,31-30?/t21-,27-/m0/s1. The Kier molecular flexibility index (Phi) is 7.89. The first-order chi connectivity index (χ1) is 18.5. The van der Waals surface area contributed by atoms with Crippen molar-refractivity contribution in [3.63, 3.8) is 0 Å². The summed E-state index contributed by atoms with van der Waals surface area (Å²) in [5.74, 6) is 1.13. The van der Waals surface area contributed by atoms with Gasteiger partial charge < -0.3 is 4.74 Å². The van der Waals surface area contributed by atoms with Crippen LogP contribution in [0.3, 0.4) is 0 Å². The molecule has 38 heavy (non-hydrogen) atoms. The third-order valence-electron chi connectivity index (χ3n) is 6.95. The number of benzene rings is 3. The fourth-order valence-electron chi connectivity index (χ4n) is 4.84. The van der Waals surface area contributed by atoms with E-state index in [-0.39, 0.29) is 17.6 Å². The van der Waals surface area contributed by atoms with Gasteiger partial charge in [0.25, 0.3) is 11.6 Å². The van der Waals surface area contributed by atoms with Gasteiger partial charge in [-0.1, -0.05) is 50.1 Å². The number of amidine groups is 1. The predicted octanol–water partition coefficient (Wildman–Crippen LogP) is 7.36. The summed E-state index contributed by atoms with van der Waals surface area (Å²) < 4.78 is 5.84. The number of carbonyl (C=O) groups is 1. The van der Waals surface area contributed by atoms with Crippen molar-refractivity contribution in [2.75, 3.05) is 0 Å². The molecule has 0 spiro atoms. The summed E-state index contributed by atoms with van der Waals surface area (Å²) >= 11 is 1.44. The molecule has 2 atom stereocenters. The number of nitro benzene ring substituents is 1. The summed E-state index contributed by atoms with van der Waals surface area (Å²) in [6.07, 6.45) is 6.37. The molecule has 0 aromatic heterocycles. The Labute approximate surface area is 226 Å². The smallest absolute Gasteiger partial charge is 0.269 e. The highest BCUT2D eigenvalue weighted by molar-refractivity contribution is 8.18. The fraction of sp³-hybridized carbons (Fsp3) is 0.267. The van der Waals surface area contributed by atoms with Crippen LogP contribution < -0.4 is 4.74 Å². The number of para-hydroxylation sites is 1. The maximum Gasteiger partial charge on any atom is 0.269 e. The van der Waals surface area contributed by atoms with Gasteiger partial charge in [-0.15, -0.1) is 0 Å². The van der Waals surface area contributed by atoms with E-state index in [1.165, 1.54) is 30.3 Å². The third-order valence-corrected chi connectivity index (χ3v) is 7.93. The van der Waals surface area contributed by atoms with Crippen LogP contribution in [0.5, 0.6) is 5.75 Å². The minimum atomic E-state index is -0.420. The van der Waals surface area contributed by atoms with Crippen molar-refractivity contribution in [1.29, 1.82) is 0 Å². The van der Waals surface area contributed by atoms with E-state index in [9.17, 15) is 14.9 Å². The number of rotatable bonds is 7. The van der Waals surface area contributed by atoms with Crippen LogP contribution in [0.1, 0.15) is 43.7 Å². The molecular weight excluding hydrogens is 498 g/mol. The van der Waals surface area contributed by atoms with E-state index in [1.54, 1.807) is 12.1 Å². The van der Waals surface area contributed by atoms with Gasteiger partial charge in [-0.2, -0.15) is 0 Å². The maximum atomic E-state index is 13.6. The molecule has 0 bridgehead atoms. The first-order valence-electron chi connectivity index (χ1n) is 12.8. The monoisotopic (exact) mass is 527 g/mol. The minimum absolute atomic E-state index is 0.0157. The topological polar surface area (TPSA) is 85.0 Å². The number of carbonyl (C=O) groups excluding carboxylic acids is 1. The van der Waals surface area contributed by atoms with E-state index in [4.69, 9.17) is 9.73 Å². The normalized spacial score (nSPS) is 21.7. The van der Waals surface area contributed by atoms with Crippen LogP contribution in [-0.2, 0) is 11.4 Å². The lowest BCUT2D eigenvalue weighted by Crippen LogP contribution is -2.44. The van der Waals surface area contributed by atoms with Gasteiger partial charge in [-0.3, -0.25) is 19.8 Å². The highest BCUT2D eigenvalue weighted by Crippen LogP contribution is 2.40. The zero-order valence-electron chi connectivity index (χ0n) is 21.2.